The van der Waals surface area contributed by atoms with Crippen LogP contribution >= 0.6 is 11.7 Å². The predicted octanol–water partition coefficient (Wildman–Crippen LogP) is 4.15. The van der Waals surface area contributed by atoms with Crippen molar-refractivity contribution < 1.29 is 61.1 Å². The summed E-state index contributed by atoms with van der Waals surface area (Å²) in [4.78, 5) is 65.1. The van der Waals surface area contributed by atoms with Crippen LogP contribution in [0.25, 0.3) is 11.0 Å². The lowest BCUT2D eigenvalue weighted by Gasteiger charge is -2.48. The Kier molecular flexibility index (Phi) is 16.5. The average molecular weight is 975 g/mol. The molecule has 3 aliphatic rings. The summed E-state index contributed by atoms with van der Waals surface area (Å²) in [5.41, 5.74) is -1.94. The number of fused-ring (bicyclic) bond motifs is 2. The Hall–Kier alpha value is -4.22. The normalized spacial score (nSPS) is 34.6. The summed E-state index contributed by atoms with van der Waals surface area (Å²) >= 11 is 0.882. The van der Waals surface area contributed by atoms with Crippen LogP contribution in [0.5, 0.6) is 0 Å². The van der Waals surface area contributed by atoms with E-state index in [2.05, 4.69) is 18.5 Å². The first-order chi connectivity index (χ1) is 31.6. The smallest absolute Gasteiger partial charge is 0.410 e. The van der Waals surface area contributed by atoms with Gasteiger partial charge in [-0.3, -0.25) is 24.3 Å². The Morgan fingerprint density at radius 1 is 1.04 bits per heavy atom. The van der Waals surface area contributed by atoms with Crippen LogP contribution in [-0.2, 0) is 59.2 Å². The molecule has 3 saturated heterocycles. The Morgan fingerprint density at radius 2 is 1.78 bits per heavy atom. The molecule has 21 heteroatoms. The SMILES string of the molecule is CC[C@@H]1OC(=O)[C@H](C)[C@H](OC(=O)Cc2ccccn2)[C@@H](C)[C@@H](O[C@@H]2O[C@H](C)C[C@H](N(C)C)[C@H]2O)[C@](C)(OC)C[C@@H](C)C(=O)[C@@H](C)[C@@H]2N(CCNS(=O)(=O)c3cccc4nsnc34)C(=O)O[C@]12C. The van der Waals surface area contributed by atoms with Gasteiger partial charge in [0.05, 0.1) is 53.6 Å². The molecule has 19 nitrogen and oxygen atoms in total. The maximum Gasteiger partial charge on any atom is 0.410 e. The third-order valence-electron chi connectivity index (χ3n) is 13.8. The van der Waals surface area contributed by atoms with E-state index < -0.39 is 99.7 Å². The molecule has 3 fully saturated rings. The number of rotatable bonds is 13. The number of carbonyl (C=O) groups is 4. The molecule has 0 saturated carbocycles. The number of aromatic nitrogens is 3. The van der Waals surface area contributed by atoms with Crippen LogP contribution in [0, 0.1) is 23.7 Å². The first kappa shape index (κ1) is 52.2. The number of hydrogen-bond donors (Lipinski definition) is 2. The zero-order chi connectivity index (χ0) is 49.2. The van der Waals surface area contributed by atoms with Crippen molar-refractivity contribution in [1.29, 1.82) is 0 Å². The molecular formula is C46H66N6O13S2. The highest BCUT2D eigenvalue weighted by atomic mass is 32.2. The molecule has 3 aromatic rings. The van der Waals surface area contributed by atoms with Gasteiger partial charge in [-0.25, -0.2) is 17.9 Å². The topological polar surface area (TPSA) is 235 Å². The quantitative estimate of drug-likeness (QED) is 0.181. The van der Waals surface area contributed by atoms with Gasteiger partial charge in [0.2, 0.25) is 10.0 Å². The molecule has 67 heavy (non-hydrogen) atoms. The van der Waals surface area contributed by atoms with Crippen molar-refractivity contribution in [2.75, 3.05) is 34.3 Å². The van der Waals surface area contributed by atoms with Crippen LogP contribution < -0.4 is 4.72 Å². The molecule has 0 spiro atoms. The number of cyclic esters (lactones) is 1. The van der Waals surface area contributed by atoms with Crippen LogP contribution in [0.2, 0.25) is 0 Å². The molecule has 0 unspecified atom stereocenters. The van der Waals surface area contributed by atoms with Crippen LogP contribution in [-0.4, -0.2) is 155 Å². The second-order valence-electron chi connectivity index (χ2n) is 18.9. The average Bonchev–Trinajstić information content (AvgIpc) is 3.87. The van der Waals surface area contributed by atoms with Crippen LogP contribution in [0.1, 0.15) is 80.3 Å². The van der Waals surface area contributed by atoms with Gasteiger partial charge in [0.15, 0.2) is 11.9 Å². The number of nitrogens with one attached hydrogen (secondary N) is 1. The van der Waals surface area contributed by atoms with E-state index in [0.717, 1.165) is 11.7 Å². The van der Waals surface area contributed by atoms with Crippen molar-refractivity contribution in [3.63, 3.8) is 0 Å². The van der Waals surface area contributed by atoms with Crippen molar-refractivity contribution >= 4 is 56.6 Å². The van der Waals surface area contributed by atoms with Gasteiger partial charge in [-0.05, 0) is 85.3 Å². The van der Waals surface area contributed by atoms with Crippen molar-refractivity contribution in [3.8, 4) is 0 Å². The summed E-state index contributed by atoms with van der Waals surface area (Å²) in [6.45, 7) is 13.2. The van der Waals surface area contributed by atoms with E-state index >= 15 is 0 Å². The van der Waals surface area contributed by atoms with Gasteiger partial charge in [-0.2, -0.15) is 8.75 Å². The molecule has 1 aromatic carbocycles. The molecule has 2 N–H and O–H groups in total. The molecule has 14 atom stereocenters. The predicted molar refractivity (Wildman–Crippen MR) is 245 cm³/mol. The minimum absolute atomic E-state index is 0.0247. The van der Waals surface area contributed by atoms with Gasteiger partial charge in [-0.15, -0.1) is 0 Å². The van der Waals surface area contributed by atoms with Crippen LogP contribution in [0.3, 0.4) is 0 Å². The number of sulfonamides is 1. The largest absolute Gasteiger partial charge is 0.461 e. The summed E-state index contributed by atoms with van der Waals surface area (Å²) in [5, 5.41) is 11.7. The second-order valence-corrected chi connectivity index (χ2v) is 21.1. The molecule has 3 aliphatic heterocycles. The number of aliphatic hydroxyl groups excluding tert-OH is 1. The zero-order valence-corrected chi connectivity index (χ0v) is 41.7. The van der Waals surface area contributed by atoms with Crippen molar-refractivity contribution in [2.45, 2.75) is 146 Å². The maximum atomic E-state index is 15.0. The third kappa shape index (κ3) is 11.0. The van der Waals surface area contributed by atoms with Crippen LogP contribution in [0.4, 0.5) is 4.79 Å². The number of aliphatic hydroxyl groups is 1. The number of nitrogens with zero attached hydrogens (tertiary/aromatic N) is 5. The minimum Gasteiger partial charge on any atom is -0.461 e. The Morgan fingerprint density at radius 3 is 2.43 bits per heavy atom. The van der Waals surface area contributed by atoms with Gasteiger partial charge in [0.1, 0.15) is 40.0 Å². The molecule has 2 aromatic heterocycles. The van der Waals surface area contributed by atoms with Crippen molar-refractivity contribution in [2.24, 2.45) is 23.7 Å². The van der Waals surface area contributed by atoms with E-state index in [0.29, 0.717) is 17.6 Å². The van der Waals surface area contributed by atoms with E-state index in [1.54, 1.807) is 85.0 Å². The molecule has 0 radical (unpaired) electrons. The van der Waals surface area contributed by atoms with E-state index in [-0.39, 0.29) is 60.7 Å². The number of ether oxygens (including phenoxy) is 6. The highest BCUT2D eigenvalue weighted by Gasteiger charge is 2.60. The zero-order valence-electron chi connectivity index (χ0n) is 40.1. The minimum atomic E-state index is -4.15. The number of hydrogen-bond acceptors (Lipinski definition) is 18. The number of methoxy groups -OCH3 is 1. The number of esters is 2. The summed E-state index contributed by atoms with van der Waals surface area (Å²) < 4.78 is 76.3. The standard InChI is InChI=1S/C46H66N6O13S2/c1-12-34-46(8)40(52(44(57)65-46)21-20-48-67(58,59)33-18-15-17-31-36(33)50-66-49-31)27(4)37(54)25(2)24-45(7,60-11)41(64-43-38(55)32(51(9)10)22-26(3)61-43)28(5)39(29(6)42(56)62-34)63-35(53)23-30-16-13-14-19-47-30/h13-19,25-29,32,34,38-41,43,48,55H,12,20-24H2,1-11H3/t25-,26-,27-,28-,29-,32+,34+,38-,39-,40+,41-,43+,45-,46-/m1/s1. The first-order valence-corrected chi connectivity index (χ1v) is 25.0. The lowest BCUT2D eigenvalue weighted by Crippen LogP contribution is -2.61. The number of pyridine rings is 1. The van der Waals surface area contributed by atoms with Crippen molar-refractivity contribution in [1.82, 2.24) is 28.3 Å². The van der Waals surface area contributed by atoms with Gasteiger partial charge < -0.3 is 38.4 Å². The highest BCUT2D eigenvalue weighted by Crippen LogP contribution is 2.44. The lowest BCUT2D eigenvalue weighted by atomic mass is 9.73. The van der Waals surface area contributed by atoms with Gasteiger partial charge >= 0.3 is 18.0 Å². The van der Waals surface area contributed by atoms with Gasteiger partial charge in [0.25, 0.3) is 0 Å². The number of ketones is 1. The van der Waals surface area contributed by atoms with Gasteiger partial charge in [0, 0.05) is 50.2 Å². The van der Waals surface area contributed by atoms with E-state index in [4.69, 9.17) is 28.4 Å². The van der Waals surface area contributed by atoms with Crippen LogP contribution in [0.15, 0.2) is 47.5 Å². The van der Waals surface area contributed by atoms with Gasteiger partial charge in [-0.1, -0.05) is 39.8 Å². The fraction of sp³-hybridized carbons (Fsp3) is 0.674. The Labute approximate surface area is 396 Å². The van der Waals surface area contributed by atoms with E-state index in [9.17, 15) is 32.7 Å². The third-order valence-corrected chi connectivity index (χ3v) is 15.9. The molecule has 1 amide bonds. The fourth-order valence-electron chi connectivity index (χ4n) is 10.3. The fourth-order valence-corrected chi connectivity index (χ4v) is 12.1. The first-order valence-electron chi connectivity index (χ1n) is 22.8. The molecule has 370 valence electrons. The summed E-state index contributed by atoms with van der Waals surface area (Å²) in [7, 11) is 1.02. The monoisotopic (exact) mass is 974 g/mol. The number of Topliss-reactive ketones (excluding diaryl/α,β-unsaturated/α-hetero) is 1. The molecule has 0 bridgehead atoms. The molecular weight excluding hydrogens is 909 g/mol. The Bertz CT molecular complexity index is 2340. The van der Waals surface area contributed by atoms with Crippen molar-refractivity contribution in [3.05, 3.63) is 48.3 Å². The Balaban J connectivity index is 1.39. The lowest BCUT2D eigenvalue weighted by molar-refractivity contribution is -0.301. The molecule has 0 aliphatic carbocycles. The molecule has 5 heterocycles. The number of amides is 1. The second kappa shape index (κ2) is 21.2. The summed E-state index contributed by atoms with van der Waals surface area (Å²) in [5.74, 6) is -5.57. The number of benzene rings is 1. The number of likely N-dealkylation sites (N-methyl/N-ethyl adjacent to an activating group) is 1. The summed E-state index contributed by atoms with van der Waals surface area (Å²) in [6, 6.07) is 8.35. The number of carbonyl (C=O) groups excluding carboxylic acids is 4. The highest BCUT2D eigenvalue weighted by molar-refractivity contribution is 7.89. The van der Waals surface area contributed by atoms with E-state index in [1.807, 2.05) is 25.9 Å². The van der Waals surface area contributed by atoms with E-state index in [1.165, 1.54) is 18.1 Å². The summed E-state index contributed by atoms with van der Waals surface area (Å²) in [6.07, 6.45) is -4.95. The molecule has 6 rings (SSSR count). The maximum absolute atomic E-state index is 15.0.